The van der Waals surface area contributed by atoms with Gasteiger partial charge < -0.3 is 9.64 Å². The van der Waals surface area contributed by atoms with Crippen molar-refractivity contribution in [2.24, 2.45) is 0 Å². The molecule has 1 heterocycles. The van der Waals surface area contributed by atoms with Crippen molar-refractivity contribution in [2.75, 3.05) is 4.90 Å². The molecule has 7 rings (SSSR count). The van der Waals surface area contributed by atoms with Gasteiger partial charge in [-0.25, -0.2) is 0 Å². The van der Waals surface area contributed by atoms with Crippen molar-refractivity contribution in [3.63, 3.8) is 0 Å². The van der Waals surface area contributed by atoms with Crippen LogP contribution in [0.3, 0.4) is 0 Å². The maximum atomic E-state index is 13.1. The predicted octanol–water partition coefficient (Wildman–Crippen LogP) is 7.88. The Morgan fingerprint density at radius 3 is 1.64 bits per heavy atom. The molecule has 1 aliphatic carbocycles. The molecule has 0 saturated heterocycles. The lowest BCUT2D eigenvalue weighted by Gasteiger charge is -2.32. The SMILES string of the molecule is O=C1C(=Cc2ccc(N3c4ccccc4Oc4ccccc43)cc2)C(=O)c2cc3ccccc3cc21. The van der Waals surface area contributed by atoms with E-state index < -0.39 is 0 Å². The largest absolute Gasteiger partial charge is 0.453 e. The Hall–Kier alpha value is -4.96. The van der Waals surface area contributed by atoms with Crippen molar-refractivity contribution in [1.29, 1.82) is 0 Å². The van der Waals surface area contributed by atoms with Crippen molar-refractivity contribution < 1.29 is 14.3 Å². The lowest BCUT2D eigenvalue weighted by Crippen LogP contribution is -2.15. The summed E-state index contributed by atoms with van der Waals surface area (Å²) < 4.78 is 6.10. The zero-order valence-corrected chi connectivity index (χ0v) is 19.1. The number of rotatable bonds is 2. The van der Waals surface area contributed by atoms with Crippen LogP contribution in [-0.4, -0.2) is 11.6 Å². The van der Waals surface area contributed by atoms with Crippen LogP contribution < -0.4 is 9.64 Å². The number of hydrogen-bond donors (Lipinski definition) is 0. The van der Waals surface area contributed by atoms with Gasteiger partial charge in [-0.15, -0.1) is 0 Å². The van der Waals surface area contributed by atoms with E-state index in [1.807, 2.05) is 109 Å². The average molecular weight is 466 g/mol. The number of carbonyl (C=O) groups is 2. The third kappa shape index (κ3) is 3.08. The maximum Gasteiger partial charge on any atom is 0.197 e. The molecule has 0 fully saturated rings. The molecule has 0 radical (unpaired) electrons. The molecule has 0 spiro atoms. The number of nitrogens with zero attached hydrogens (tertiary/aromatic N) is 1. The highest BCUT2D eigenvalue weighted by atomic mass is 16.5. The second-order valence-electron chi connectivity index (χ2n) is 8.93. The van der Waals surface area contributed by atoms with Crippen LogP contribution in [0.4, 0.5) is 17.1 Å². The Bertz CT molecular complexity index is 1650. The highest BCUT2D eigenvalue weighted by Gasteiger charge is 2.33. The number of Topliss-reactive ketones (excluding diaryl/α,β-unsaturated/α-hetero) is 2. The first-order valence-electron chi connectivity index (χ1n) is 11.8. The van der Waals surface area contributed by atoms with Gasteiger partial charge in [-0.3, -0.25) is 9.59 Å². The first-order valence-corrected chi connectivity index (χ1v) is 11.8. The molecule has 0 bridgehead atoms. The summed E-state index contributed by atoms with van der Waals surface area (Å²) in [6.45, 7) is 0. The predicted molar refractivity (Wildman–Crippen MR) is 142 cm³/mol. The molecule has 170 valence electrons. The molecule has 4 heteroatoms. The summed E-state index contributed by atoms with van der Waals surface area (Å²) in [6, 6.07) is 35.1. The van der Waals surface area contributed by atoms with Gasteiger partial charge in [-0.2, -0.15) is 0 Å². The van der Waals surface area contributed by atoms with Crippen molar-refractivity contribution in [2.45, 2.75) is 0 Å². The summed E-state index contributed by atoms with van der Waals surface area (Å²) in [5.41, 5.74) is 4.81. The number of allylic oxidation sites excluding steroid dienone is 1. The minimum absolute atomic E-state index is 0.204. The van der Waals surface area contributed by atoms with E-state index in [-0.39, 0.29) is 17.1 Å². The Morgan fingerprint density at radius 2 is 1.08 bits per heavy atom. The summed E-state index contributed by atoms with van der Waals surface area (Å²) in [6.07, 6.45) is 1.69. The van der Waals surface area contributed by atoms with Crippen LogP contribution in [0.25, 0.3) is 16.8 Å². The van der Waals surface area contributed by atoms with E-state index in [2.05, 4.69) is 4.90 Å². The van der Waals surface area contributed by atoms with Gasteiger partial charge in [0.1, 0.15) is 0 Å². The van der Waals surface area contributed by atoms with Gasteiger partial charge in [0.15, 0.2) is 23.1 Å². The average Bonchev–Trinajstić information content (AvgIpc) is 3.15. The summed E-state index contributed by atoms with van der Waals surface area (Å²) in [5.74, 6) is 1.13. The number of benzene rings is 5. The molecule has 0 aromatic heterocycles. The molecule has 1 aliphatic heterocycles. The summed E-state index contributed by atoms with van der Waals surface area (Å²) >= 11 is 0. The minimum atomic E-state index is -0.221. The van der Waals surface area contributed by atoms with Crippen molar-refractivity contribution in [1.82, 2.24) is 0 Å². The Kier molecular flexibility index (Phi) is 4.42. The molecule has 5 aromatic rings. The smallest absolute Gasteiger partial charge is 0.197 e. The standard InChI is InChI=1S/C32H19NO3/c34-31-24-18-21-7-1-2-8-22(21)19-25(24)32(35)26(31)17-20-13-15-23(16-14-20)33-27-9-3-5-11-29(27)36-30-12-6-4-10-28(30)33/h1-19H. The molecule has 0 unspecified atom stereocenters. The van der Waals surface area contributed by atoms with E-state index in [1.54, 1.807) is 6.08 Å². The van der Waals surface area contributed by atoms with Gasteiger partial charge >= 0.3 is 0 Å². The number of fused-ring (bicyclic) bond motifs is 4. The number of ether oxygens (including phenoxy) is 1. The molecule has 5 aromatic carbocycles. The molecule has 0 atom stereocenters. The van der Waals surface area contributed by atoms with Gasteiger partial charge in [-0.05, 0) is 70.9 Å². The second kappa shape index (κ2) is 7.79. The molecule has 2 aliphatic rings. The van der Waals surface area contributed by atoms with Gasteiger partial charge in [0, 0.05) is 16.8 Å². The van der Waals surface area contributed by atoms with E-state index in [9.17, 15) is 9.59 Å². The first kappa shape index (κ1) is 20.4. The third-order valence-electron chi connectivity index (χ3n) is 6.76. The number of anilines is 3. The highest BCUT2D eigenvalue weighted by Crippen LogP contribution is 2.50. The van der Waals surface area contributed by atoms with E-state index >= 15 is 0 Å². The summed E-state index contributed by atoms with van der Waals surface area (Å²) in [7, 11) is 0. The van der Waals surface area contributed by atoms with Crippen molar-refractivity contribution in [3.8, 4) is 11.5 Å². The Morgan fingerprint density at radius 1 is 0.583 bits per heavy atom. The van der Waals surface area contributed by atoms with Crippen LogP contribution in [0.5, 0.6) is 11.5 Å². The lowest BCUT2D eigenvalue weighted by molar-refractivity contribution is 0.0990. The normalized spacial score (nSPS) is 13.8. The minimum Gasteiger partial charge on any atom is -0.453 e. The summed E-state index contributed by atoms with van der Waals surface area (Å²) in [4.78, 5) is 28.4. The van der Waals surface area contributed by atoms with Crippen LogP contribution in [0.2, 0.25) is 0 Å². The monoisotopic (exact) mass is 465 g/mol. The fourth-order valence-electron chi connectivity index (χ4n) is 5.01. The van der Waals surface area contributed by atoms with Gasteiger partial charge in [-0.1, -0.05) is 60.7 Å². The molecule has 0 amide bonds. The van der Waals surface area contributed by atoms with Crippen molar-refractivity contribution in [3.05, 3.63) is 131 Å². The molecule has 0 saturated carbocycles. The fraction of sp³-hybridized carbons (Fsp3) is 0. The quantitative estimate of drug-likeness (QED) is 0.193. The van der Waals surface area contributed by atoms with E-state index in [0.717, 1.165) is 44.9 Å². The van der Waals surface area contributed by atoms with E-state index in [0.29, 0.717) is 11.1 Å². The van der Waals surface area contributed by atoms with Crippen LogP contribution in [0.1, 0.15) is 26.3 Å². The lowest BCUT2D eigenvalue weighted by atomic mass is 10.0. The zero-order valence-electron chi connectivity index (χ0n) is 19.1. The van der Waals surface area contributed by atoms with E-state index in [4.69, 9.17) is 4.74 Å². The molecular formula is C32H19NO3. The molecular weight excluding hydrogens is 446 g/mol. The molecule has 4 nitrogen and oxygen atoms in total. The fourth-order valence-corrected chi connectivity index (χ4v) is 5.01. The van der Waals surface area contributed by atoms with Crippen LogP contribution in [0.15, 0.2) is 115 Å². The van der Waals surface area contributed by atoms with Crippen molar-refractivity contribution >= 4 is 45.5 Å². The third-order valence-corrected chi connectivity index (χ3v) is 6.76. The topological polar surface area (TPSA) is 46.6 Å². The Balaban J connectivity index is 1.26. The van der Waals surface area contributed by atoms with Gasteiger partial charge in [0.05, 0.1) is 16.9 Å². The zero-order chi connectivity index (χ0) is 24.2. The summed E-state index contributed by atoms with van der Waals surface area (Å²) in [5, 5.41) is 1.91. The molecule has 0 N–H and O–H groups in total. The molecule has 36 heavy (non-hydrogen) atoms. The number of para-hydroxylation sites is 4. The highest BCUT2D eigenvalue weighted by molar-refractivity contribution is 6.42. The van der Waals surface area contributed by atoms with Gasteiger partial charge in [0.25, 0.3) is 0 Å². The number of ketones is 2. The van der Waals surface area contributed by atoms with E-state index in [1.165, 1.54) is 0 Å². The maximum absolute atomic E-state index is 13.1. The number of hydrogen-bond acceptors (Lipinski definition) is 4. The number of carbonyl (C=O) groups excluding carboxylic acids is 2. The Labute approximate surface area is 207 Å². The van der Waals surface area contributed by atoms with Crippen LogP contribution >= 0.6 is 0 Å². The van der Waals surface area contributed by atoms with Crippen LogP contribution in [0, 0.1) is 0 Å². The van der Waals surface area contributed by atoms with Gasteiger partial charge in [0.2, 0.25) is 0 Å². The first-order chi connectivity index (χ1) is 17.7. The van der Waals surface area contributed by atoms with Crippen LogP contribution in [-0.2, 0) is 0 Å². The second-order valence-corrected chi connectivity index (χ2v) is 8.93.